The summed E-state index contributed by atoms with van der Waals surface area (Å²) in [7, 11) is 7.81. The molecule has 1 heterocycles. The number of benzene rings is 2. The molecule has 338 valence electrons. The molecule has 2 aromatic rings. The molecule has 0 unspecified atom stereocenters. The number of esters is 1. The standard InChI is InChI=1S/C47H71N5O9/c1-13-31(6)42(51(9)46(57)40(29(2)3)49-45(56)41(30(4)5)50(8)28-34-21-23-35(53)24-22-34)38(59-10)27-39(54)52-25-17-20-37(52)43(60-11)32(7)44(55)48-36(47(58)61-12)26-33-18-15-14-16-19-33/h14-16,18-19,21-24,29-30,32,36-38,40-43,53H,6,13,17,20,25-28H2,1-5,7-12H3,(H,48,55)(H,49,56)/t32-,36+,37+,38-,40+,41+,42+,43-/m1/s1. The van der Waals surface area contributed by atoms with Gasteiger partial charge < -0.3 is 39.8 Å². The summed E-state index contributed by atoms with van der Waals surface area (Å²) in [5.41, 5.74) is 2.48. The molecule has 0 saturated carbocycles. The molecule has 8 atom stereocenters. The number of phenols is 1. The van der Waals surface area contributed by atoms with Crippen molar-refractivity contribution in [1.82, 2.24) is 25.3 Å². The van der Waals surface area contributed by atoms with Crippen LogP contribution in [-0.4, -0.2) is 134 Å². The summed E-state index contributed by atoms with van der Waals surface area (Å²) in [6.07, 6.45) is 0.514. The van der Waals surface area contributed by atoms with Gasteiger partial charge in [-0.2, -0.15) is 0 Å². The average molecular weight is 850 g/mol. The quantitative estimate of drug-likeness (QED) is 0.105. The van der Waals surface area contributed by atoms with Crippen molar-refractivity contribution in [3.63, 3.8) is 0 Å². The number of hydrogen-bond donors (Lipinski definition) is 3. The minimum Gasteiger partial charge on any atom is -0.508 e. The van der Waals surface area contributed by atoms with Gasteiger partial charge in [0, 0.05) is 40.8 Å². The lowest BCUT2D eigenvalue weighted by Gasteiger charge is -2.39. The van der Waals surface area contributed by atoms with E-state index in [1.54, 1.807) is 35.9 Å². The van der Waals surface area contributed by atoms with E-state index in [0.29, 0.717) is 37.9 Å². The summed E-state index contributed by atoms with van der Waals surface area (Å²) < 4.78 is 16.9. The lowest BCUT2D eigenvalue weighted by atomic mass is 9.92. The van der Waals surface area contributed by atoms with Gasteiger partial charge in [-0.25, -0.2) is 4.79 Å². The molecule has 1 aliphatic rings. The Balaban J connectivity index is 1.79. The molecule has 0 spiro atoms. The van der Waals surface area contributed by atoms with Crippen LogP contribution in [-0.2, 0) is 51.1 Å². The normalized spacial score (nSPS) is 17.5. The molecular weight excluding hydrogens is 779 g/mol. The number of methoxy groups -OCH3 is 3. The van der Waals surface area contributed by atoms with E-state index in [2.05, 4.69) is 17.2 Å². The van der Waals surface area contributed by atoms with E-state index in [1.165, 1.54) is 21.3 Å². The molecule has 4 amide bonds. The van der Waals surface area contributed by atoms with Gasteiger partial charge in [0.05, 0.1) is 49.8 Å². The van der Waals surface area contributed by atoms with E-state index in [1.807, 2.05) is 89.0 Å². The zero-order valence-corrected chi connectivity index (χ0v) is 38.2. The predicted octanol–water partition coefficient (Wildman–Crippen LogP) is 4.73. The molecule has 1 aliphatic heterocycles. The van der Waals surface area contributed by atoms with Crippen molar-refractivity contribution in [3.05, 3.63) is 77.9 Å². The van der Waals surface area contributed by atoms with Crippen molar-refractivity contribution in [1.29, 1.82) is 0 Å². The molecule has 14 heteroatoms. The highest BCUT2D eigenvalue weighted by atomic mass is 16.5. The van der Waals surface area contributed by atoms with Crippen LogP contribution in [0.5, 0.6) is 5.75 Å². The van der Waals surface area contributed by atoms with Crippen molar-refractivity contribution in [2.75, 3.05) is 42.0 Å². The molecule has 14 nitrogen and oxygen atoms in total. The lowest BCUT2D eigenvalue weighted by molar-refractivity contribution is -0.147. The van der Waals surface area contributed by atoms with Gasteiger partial charge >= 0.3 is 5.97 Å². The van der Waals surface area contributed by atoms with Gasteiger partial charge in [0.2, 0.25) is 23.6 Å². The number of hydrogen-bond acceptors (Lipinski definition) is 10. The van der Waals surface area contributed by atoms with Crippen molar-refractivity contribution in [3.8, 4) is 5.75 Å². The number of likely N-dealkylation sites (N-methyl/N-ethyl adjacent to an activating group) is 2. The summed E-state index contributed by atoms with van der Waals surface area (Å²) >= 11 is 0. The third-order valence-corrected chi connectivity index (χ3v) is 11.9. The van der Waals surface area contributed by atoms with Crippen LogP contribution in [0.15, 0.2) is 66.7 Å². The van der Waals surface area contributed by atoms with Crippen molar-refractivity contribution in [2.45, 2.75) is 123 Å². The molecule has 0 radical (unpaired) electrons. The Hall–Kier alpha value is -4.79. The minimum absolute atomic E-state index is 0.0804. The summed E-state index contributed by atoms with van der Waals surface area (Å²) in [4.78, 5) is 74.5. The molecule has 61 heavy (non-hydrogen) atoms. The number of aromatic hydroxyl groups is 1. The van der Waals surface area contributed by atoms with Crippen molar-refractivity contribution < 1.29 is 43.3 Å². The van der Waals surface area contributed by atoms with Gasteiger partial charge in [-0.05, 0) is 61.4 Å². The number of nitrogens with zero attached hydrogens (tertiary/aromatic N) is 3. The van der Waals surface area contributed by atoms with Crippen molar-refractivity contribution in [2.24, 2.45) is 17.8 Å². The molecule has 0 bridgehead atoms. The first-order valence-electron chi connectivity index (χ1n) is 21.4. The molecule has 1 fully saturated rings. The number of carbonyl (C=O) groups excluding carboxylic acids is 5. The SMILES string of the molecule is C=C(CC)[C@@H]([C@@H](CC(=O)N1CCC[C@H]1[C@H](OC)[C@@H](C)C(=O)N[C@@H](Cc1ccccc1)C(=O)OC)OC)N(C)C(=O)[C@@H](NC(=O)[C@H](C(C)C)N(C)Cc1ccc(O)cc1)C(C)C. The second-order valence-corrected chi connectivity index (χ2v) is 16.9. The number of carbonyl (C=O) groups is 5. The third-order valence-electron chi connectivity index (χ3n) is 11.9. The fourth-order valence-electron chi connectivity index (χ4n) is 8.49. The van der Waals surface area contributed by atoms with E-state index >= 15 is 0 Å². The zero-order chi connectivity index (χ0) is 45.6. The summed E-state index contributed by atoms with van der Waals surface area (Å²) in [5.74, 6) is -2.73. The molecule has 0 aliphatic carbocycles. The van der Waals surface area contributed by atoms with Crippen LogP contribution in [0.1, 0.15) is 78.4 Å². The summed E-state index contributed by atoms with van der Waals surface area (Å²) in [5, 5.41) is 15.6. The van der Waals surface area contributed by atoms with E-state index in [0.717, 1.165) is 11.1 Å². The minimum atomic E-state index is -0.912. The first kappa shape index (κ1) is 50.6. The second-order valence-electron chi connectivity index (χ2n) is 16.9. The number of rotatable bonds is 23. The number of ether oxygens (including phenoxy) is 3. The maximum absolute atomic E-state index is 14.5. The Morgan fingerprint density at radius 3 is 2.03 bits per heavy atom. The second kappa shape index (κ2) is 24.0. The van der Waals surface area contributed by atoms with Gasteiger partial charge in [0.1, 0.15) is 17.8 Å². The van der Waals surface area contributed by atoms with Crippen LogP contribution >= 0.6 is 0 Å². The topological polar surface area (TPSA) is 167 Å². The Labute approximate surface area is 363 Å². The maximum Gasteiger partial charge on any atom is 0.328 e. The molecular formula is C47H71N5O9. The molecule has 0 aromatic heterocycles. The summed E-state index contributed by atoms with van der Waals surface area (Å²) in [6.45, 7) is 16.5. The Morgan fingerprint density at radius 1 is 0.852 bits per heavy atom. The Morgan fingerprint density at radius 2 is 1.49 bits per heavy atom. The Kier molecular flexibility index (Phi) is 19.9. The van der Waals surface area contributed by atoms with Gasteiger partial charge in [-0.3, -0.25) is 24.1 Å². The highest BCUT2D eigenvalue weighted by Gasteiger charge is 2.43. The largest absolute Gasteiger partial charge is 0.508 e. The molecule has 3 N–H and O–H groups in total. The Bertz CT molecular complexity index is 1750. The predicted molar refractivity (Wildman–Crippen MR) is 235 cm³/mol. The van der Waals surface area contributed by atoms with Crippen LogP contribution in [0.4, 0.5) is 0 Å². The lowest BCUT2D eigenvalue weighted by Crippen LogP contribution is -2.59. The van der Waals surface area contributed by atoms with Gasteiger partial charge in [-0.1, -0.05) is 96.2 Å². The number of phenolic OH excluding ortho intramolecular Hbond substituents is 1. The van der Waals surface area contributed by atoms with Gasteiger partial charge in [0.25, 0.3) is 0 Å². The van der Waals surface area contributed by atoms with E-state index in [-0.39, 0.29) is 48.1 Å². The molecule has 1 saturated heterocycles. The smallest absolute Gasteiger partial charge is 0.328 e. The van der Waals surface area contributed by atoms with Crippen LogP contribution in [0.3, 0.4) is 0 Å². The fourth-order valence-corrected chi connectivity index (χ4v) is 8.49. The maximum atomic E-state index is 14.5. The van der Waals surface area contributed by atoms with E-state index in [9.17, 15) is 29.1 Å². The first-order valence-corrected chi connectivity index (χ1v) is 21.4. The highest BCUT2D eigenvalue weighted by molar-refractivity contribution is 5.90. The zero-order valence-electron chi connectivity index (χ0n) is 38.2. The first-order chi connectivity index (χ1) is 28.9. The fraction of sp³-hybridized carbons (Fsp3) is 0.596. The van der Waals surface area contributed by atoms with Crippen LogP contribution < -0.4 is 10.6 Å². The average Bonchev–Trinajstić information content (AvgIpc) is 3.72. The van der Waals surface area contributed by atoms with Crippen LogP contribution in [0.2, 0.25) is 0 Å². The third kappa shape index (κ3) is 13.6. The number of amides is 4. The number of nitrogens with one attached hydrogen (secondary N) is 2. The summed E-state index contributed by atoms with van der Waals surface area (Å²) in [6, 6.07) is 12.7. The van der Waals surface area contributed by atoms with Crippen LogP contribution in [0, 0.1) is 17.8 Å². The van der Waals surface area contributed by atoms with Gasteiger partial charge in [0.15, 0.2) is 0 Å². The van der Waals surface area contributed by atoms with Gasteiger partial charge in [-0.15, -0.1) is 0 Å². The van der Waals surface area contributed by atoms with E-state index < -0.39 is 60.2 Å². The molecule has 3 rings (SSSR count). The monoisotopic (exact) mass is 850 g/mol. The number of likely N-dealkylation sites (tertiary alicyclic amines) is 1. The highest BCUT2D eigenvalue weighted by Crippen LogP contribution is 2.30. The van der Waals surface area contributed by atoms with Crippen molar-refractivity contribution >= 4 is 29.6 Å². The molecule has 2 aromatic carbocycles. The van der Waals surface area contributed by atoms with Crippen LogP contribution in [0.25, 0.3) is 0 Å². The van der Waals surface area contributed by atoms with E-state index in [4.69, 9.17) is 14.2 Å².